The number of benzene rings is 1. The van der Waals surface area contributed by atoms with Gasteiger partial charge in [-0.05, 0) is 24.6 Å². The number of carbonyl (C=O) groups excluding carboxylic acids is 2. The Bertz CT molecular complexity index is 504. The second-order valence-electron chi connectivity index (χ2n) is 4.73. The summed E-state index contributed by atoms with van der Waals surface area (Å²) < 4.78 is 5.09. The van der Waals surface area contributed by atoms with E-state index < -0.39 is 0 Å². The molecule has 6 heteroatoms. The Morgan fingerprint density at radius 1 is 1.50 bits per heavy atom. The third kappa shape index (κ3) is 3.27. The Morgan fingerprint density at radius 3 is 3.00 bits per heavy atom. The van der Waals surface area contributed by atoms with E-state index in [9.17, 15) is 9.59 Å². The van der Waals surface area contributed by atoms with Crippen LogP contribution >= 0.6 is 0 Å². The normalized spacial score (nSPS) is 17.9. The molecule has 2 rings (SSSR count). The molecule has 0 radical (unpaired) electrons. The fraction of sp³-hybridized carbons (Fsp3) is 0.429. The van der Waals surface area contributed by atoms with Gasteiger partial charge in [-0.2, -0.15) is 0 Å². The summed E-state index contributed by atoms with van der Waals surface area (Å²) in [6.07, 6.45) is 0.751. The fourth-order valence-corrected chi connectivity index (χ4v) is 2.27. The van der Waals surface area contributed by atoms with E-state index in [4.69, 9.17) is 10.5 Å². The molecular weight excluding hydrogens is 258 g/mol. The minimum atomic E-state index is -0.157. The van der Waals surface area contributed by atoms with Crippen LogP contribution in [0.2, 0.25) is 0 Å². The zero-order chi connectivity index (χ0) is 14.5. The standard InChI is InChI=1S/C14H19N3O3/c1-20-12-4-2-3-10(7-12)14(19)16-11-5-6-17(9-11)13(18)8-15/h2-4,7,11H,5-6,8-9,15H2,1H3,(H,16,19). The highest BCUT2D eigenvalue weighted by Gasteiger charge is 2.26. The van der Waals surface area contributed by atoms with Crippen molar-refractivity contribution in [3.8, 4) is 5.75 Å². The zero-order valence-corrected chi connectivity index (χ0v) is 11.5. The molecule has 108 valence electrons. The lowest BCUT2D eigenvalue weighted by molar-refractivity contribution is -0.128. The molecule has 1 unspecified atom stereocenters. The molecule has 6 nitrogen and oxygen atoms in total. The van der Waals surface area contributed by atoms with E-state index in [0.717, 1.165) is 6.42 Å². The van der Waals surface area contributed by atoms with E-state index in [0.29, 0.717) is 24.4 Å². The zero-order valence-electron chi connectivity index (χ0n) is 11.5. The third-order valence-corrected chi connectivity index (χ3v) is 3.38. The third-order valence-electron chi connectivity index (χ3n) is 3.38. The van der Waals surface area contributed by atoms with Crippen molar-refractivity contribution in [1.29, 1.82) is 0 Å². The van der Waals surface area contributed by atoms with E-state index in [2.05, 4.69) is 5.32 Å². The van der Waals surface area contributed by atoms with Crippen LogP contribution in [0.1, 0.15) is 16.8 Å². The number of amides is 2. The van der Waals surface area contributed by atoms with Crippen molar-refractivity contribution >= 4 is 11.8 Å². The van der Waals surface area contributed by atoms with Gasteiger partial charge in [0, 0.05) is 24.7 Å². The van der Waals surface area contributed by atoms with E-state index in [-0.39, 0.29) is 24.4 Å². The smallest absolute Gasteiger partial charge is 0.251 e. The second kappa shape index (κ2) is 6.38. The number of nitrogens with two attached hydrogens (primary N) is 1. The Labute approximate surface area is 117 Å². The van der Waals surface area contributed by atoms with Gasteiger partial charge in [-0.1, -0.05) is 6.07 Å². The van der Waals surface area contributed by atoms with Crippen LogP contribution in [0.3, 0.4) is 0 Å². The van der Waals surface area contributed by atoms with Crippen LogP contribution < -0.4 is 15.8 Å². The summed E-state index contributed by atoms with van der Waals surface area (Å²) in [6, 6.07) is 6.95. The van der Waals surface area contributed by atoms with Crippen molar-refractivity contribution in [3.63, 3.8) is 0 Å². The highest BCUT2D eigenvalue weighted by Crippen LogP contribution is 2.14. The molecule has 1 atom stereocenters. The van der Waals surface area contributed by atoms with Crippen LogP contribution in [0.5, 0.6) is 5.75 Å². The van der Waals surface area contributed by atoms with Gasteiger partial charge in [-0.3, -0.25) is 9.59 Å². The first-order valence-corrected chi connectivity index (χ1v) is 6.57. The molecule has 0 bridgehead atoms. The number of hydrogen-bond donors (Lipinski definition) is 2. The number of rotatable bonds is 4. The lowest BCUT2D eigenvalue weighted by Crippen LogP contribution is -2.40. The molecular formula is C14H19N3O3. The maximum Gasteiger partial charge on any atom is 0.251 e. The van der Waals surface area contributed by atoms with Gasteiger partial charge in [0.25, 0.3) is 5.91 Å². The Morgan fingerprint density at radius 2 is 2.30 bits per heavy atom. The number of ether oxygens (including phenoxy) is 1. The van der Waals surface area contributed by atoms with Crippen molar-refractivity contribution in [2.45, 2.75) is 12.5 Å². The van der Waals surface area contributed by atoms with E-state index >= 15 is 0 Å². The average Bonchev–Trinajstić information content (AvgIpc) is 2.95. The molecule has 0 spiro atoms. The first-order valence-electron chi connectivity index (χ1n) is 6.57. The highest BCUT2D eigenvalue weighted by molar-refractivity contribution is 5.94. The summed E-state index contributed by atoms with van der Waals surface area (Å²) >= 11 is 0. The van der Waals surface area contributed by atoms with Crippen molar-refractivity contribution < 1.29 is 14.3 Å². The largest absolute Gasteiger partial charge is 0.497 e. The Kier molecular flexibility index (Phi) is 4.57. The lowest BCUT2D eigenvalue weighted by atomic mass is 10.2. The minimum absolute atomic E-state index is 0.0105. The monoisotopic (exact) mass is 277 g/mol. The molecule has 1 aromatic rings. The summed E-state index contributed by atoms with van der Waals surface area (Å²) in [7, 11) is 1.56. The maximum atomic E-state index is 12.1. The highest BCUT2D eigenvalue weighted by atomic mass is 16.5. The fourth-order valence-electron chi connectivity index (χ4n) is 2.27. The molecule has 1 saturated heterocycles. The summed E-state index contributed by atoms with van der Waals surface area (Å²) in [5.74, 6) is 0.406. The van der Waals surface area contributed by atoms with Crippen LogP contribution in [0.4, 0.5) is 0 Å². The molecule has 2 amide bonds. The van der Waals surface area contributed by atoms with Gasteiger partial charge in [0.15, 0.2) is 0 Å². The van der Waals surface area contributed by atoms with Gasteiger partial charge in [-0.25, -0.2) is 0 Å². The lowest BCUT2D eigenvalue weighted by Gasteiger charge is -2.16. The van der Waals surface area contributed by atoms with E-state index in [1.165, 1.54) is 0 Å². The van der Waals surface area contributed by atoms with Crippen LogP contribution in [0, 0.1) is 0 Å². The Balaban J connectivity index is 1.93. The van der Waals surface area contributed by atoms with Crippen LogP contribution in [-0.2, 0) is 4.79 Å². The summed E-state index contributed by atoms with van der Waals surface area (Å²) in [4.78, 5) is 25.3. The summed E-state index contributed by atoms with van der Waals surface area (Å²) in [5, 5.41) is 2.93. The Hall–Kier alpha value is -2.08. The number of carbonyl (C=O) groups is 2. The minimum Gasteiger partial charge on any atom is -0.497 e. The average molecular weight is 277 g/mol. The van der Waals surface area contributed by atoms with Crippen molar-refractivity contribution in [2.75, 3.05) is 26.7 Å². The van der Waals surface area contributed by atoms with Gasteiger partial charge in [-0.15, -0.1) is 0 Å². The topological polar surface area (TPSA) is 84.7 Å². The van der Waals surface area contributed by atoms with E-state index in [1.54, 1.807) is 36.3 Å². The van der Waals surface area contributed by atoms with Crippen molar-refractivity contribution in [3.05, 3.63) is 29.8 Å². The van der Waals surface area contributed by atoms with Gasteiger partial charge < -0.3 is 20.7 Å². The van der Waals surface area contributed by atoms with Gasteiger partial charge in [0.2, 0.25) is 5.91 Å². The second-order valence-corrected chi connectivity index (χ2v) is 4.73. The summed E-state index contributed by atoms with van der Waals surface area (Å²) in [5.41, 5.74) is 5.88. The maximum absolute atomic E-state index is 12.1. The molecule has 1 aliphatic heterocycles. The summed E-state index contributed by atoms with van der Waals surface area (Å²) in [6.45, 7) is 1.17. The predicted octanol–water partition coefficient (Wildman–Crippen LogP) is -0.0154. The molecule has 0 aliphatic carbocycles. The van der Waals surface area contributed by atoms with Gasteiger partial charge in [0.05, 0.1) is 13.7 Å². The quantitative estimate of drug-likeness (QED) is 0.810. The van der Waals surface area contributed by atoms with Gasteiger partial charge in [0.1, 0.15) is 5.75 Å². The molecule has 0 aromatic heterocycles. The molecule has 1 fully saturated rings. The molecule has 3 N–H and O–H groups in total. The SMILES string of the molecule is COc1cccc(C(=O)NC2CCN(C(=O)CN)C2)c1. The van der Waals surface area contributed by atoms with Crippen LogP contribution in [-0.4, -0.2) is 49.5 Å². The first-order chi connectivity index (χ1) is 9.63. The van der Waals surface area contributed by atoms with E-state index in [1.807, 2.05) is 0 Å². The van der Waals surface area contributed by atoms with Crippen molar-refractivity contribution in [2.24, 2.45) is 5.73 Å². The number of likely N-dealkylation sites (tertiary alicyclic amines) is 1. The molecule has 1 aliphatic rings. The molecule has 20 heavy (non-hydrogen) atoms. The number of hydrogen-bond acceptors (Lipinski definition) is 4. The number of nitrogens with zero attached hydrogens (tertiary/aromatic N) is 1. The molecule has 0 saturated carbocycles. The predicted molar refractivity (Wildman–Crippen MR) is 74.5 cm³/mol. The molecule has 1 aromatic carbocycles. The first kappa shape index (κ1) is 14.3. The number of nitrogens with one attached hydrogen (secondary N) is 1. The van der Waals surface area contributed by atoms with Crippen LogP contribution in [0.25, 0.3) is 0 Å². The van der Waals surface area contributed by atoms with Crippen molar-refractivity contribution in [1.82, 2.24) is 10.2 Å². The molecule has 1 heterocycles. The van der Waals surface area contributed by atoms with Crippen LogP contribution in [0.15, 0.2) is 24.3 Å². The number of methoxy groups -OCH3 is 1. The van der Waals surface area contributed by atoms with Gasteiger partial charge >= 0.3 is 0 Å².